The van der Waals surface area contributed by atoms with E-state index in [9.17, 15) is 0 Å². The average Bonchev–Trinajstić information content (AvgIpc) is 2.49. The summed E-state index contributed by atoms with van der Waals surface area (Å²) in [7, 11) is 0. The minimum Gasteiger partial charge on any atom is -0.381 e. The van der Waals surface area contributed by atoms with Crippen LogP contribution in [-0.2, 0) is 4.74 Å². The zero-order chi connectivity index (χ0) is 8.81. The van der Waals surface area contributed by atoms with Crippen molar-refractivity contribution in [2.24, 2.45) is 11.8 Å². The third-order valence-electron chi connectivity index (χ3n) is 2.36. The quantitative estimate of drug-likeness (QED) is 0.635. The molecule has 0 aliphatic carbocycles. The highest BCUT2D eigenvalue weighted by Crippen LogP contribution is 2.08. The first-order valence-corrected chi connectivity index (χ1v) is 5.07. The van der Waals surface area contributed by atoms with Crippen LogP contribution in [0.4, 0.5) is 0 Å². The van der Waals surface area contributed by atoms with Crippen LogP contribution in [0.15, 0.2) is 0 Å². The van der Waals surface area contributed by atoms with Crippen LogP contribution in [0.3, 0.4) is 0 Å². The Kier molecular flexibility index (Phi) is 4.62. The number of hydrogen-bond donors (Lipinski definition) is 1. The molecule has 1 fully saturated rings. The molecule has 0 spiro atoms. The topological polar surface area (TPSA) is 21.3 Å². The summed E-state index contributed by atoms with van der Waals surface area (Å²) in [5, 5.41) is 3.34. The molecule has 0 radical (unpaired) electrons. The van der Waals surface area contributed by atoms with Crippen LogP contribution in [-0.4, -0.2) is 26.3 Å². The lowest BCUT2D eigenvalue weighted by Gasteiger charge is -2.10. The number of nitrogens with one attached hydrogen (secondary N) is 1. The van der Waals surface area contributed by atoms with Gasteiger partial charge >= 0.3 is 0 Å². The molecule has 2 nitrogen and oxygen atoms in total. The standard InChI is InChI=1S/C10H21NO/c1-9(2)4-6-12-8-10-3-5-11-7-10/h9-11H,3-8H2,1-2H3. The highest BCUT2D eigenvalue weighted by Gasteiger charge is 2.13. The molecule has 0 bridgehead atoms. The van der Waals surface area contributed by atoms with Gasteiger partial charge in [-0.15, -0.1) is 0 Å². The molecule has 1 unspecified atom stereocenters. The smallest absolute Gasteiger partial charge is 0.0506 e. The lowest BCUT2D eigenvalue weighted by atomic mass is 10.1. The van der Waals surface area contributed by atoms with E-state index in [0.29, 0.717) is 0 Å². The van der Waals surface area contributed by atoms with Gasteiger partial charge in [-0.1, -0.05) is 13.8 Å². The molecule has 0 amide bonds. The summed E-state index contributed by atoms with van der Waals surface area (Å²) < 4.78 is 5.59. The maximum absolute atomic E-state index is 5.59. The molecule has 1 heterocycles. The summed E-state index contributed by atoms with van der Waals surface area (Å²) in [4.78, 5) is 0. The maximum atomic E-state index is 5.59. The van der Waals surface area contributed by atoms with Crippen LogP contribution in [0.25, 0.3) is 0 Å². The van der Waals surface area contributed by atoms with E-state index < -0.39 is 0 Å². The molecule has 0 aromatic carbocycles. The first kappa shape index (κ1) is 10.0. The molecule has 1 aliphatic heterocycles. The first-order chi connectivity index (χ1) is 5.79. The fourth-order valence-corrected chi connectivity index (χ4v) is 1.43. The summed E-state index contributed by atoms with van der Waals surface area (Å²) in [6.45, 7) is 8.70. The molecular formula is C10H21NO. The average molecular weight is 171 g/mol. The fraction of sp³-hybridized carbons (Fsp3) is 1.00. The van der Waals surface area contributed by atoms with Gasteiger partial charge < -0.3 is 10.1 Å². The third kappa shape index (κ3) is 4.07. The monoisotopic (exact) mass is 171 g/mol. The van der Waals surface area contributed by atoms with Gasteiger partial charge in [0.1, 0.15) is 0 Å². The number of rotatable bonds is 5. The zero-order valence-corrected chi connectivity index (χ0v) is 8.31. The molecule has 12 heavy (non-hydrogen) atoms. The van der Waals surface area contributed by atoms with Gasteiger partial charge in [0.05, 0.1) is 6.61 Å². The van der Waals surface area contributed by atoms with Crippen molar-refractivity contribution in [3.8, 4) is 0 Å². The molecule has 72 valence electrons. The van der Waals surface area contributed by atoms with Gasteiger partial charge in [-0.05, 0) is 31.2 Å². The molecule has 1 N–H and O–H groups in total. The molecule has 0 aromatic heterocycles. The second kappa shape index (κ2) is 5.55. The number of hydrogen-bond acceptors (Lipinski definition) is 2. The zero-order valence-electron chi connectivity index (χ0n) is 8.31. The molecule has 1 aliphatic rings. The van der Waals surface area contributed by atoms with E-state index in [-0.39, 0.29) is 0 Å². The molecule has 1 atom stereocenters. The Morgan fingerprint density at radius 3 is 2.92 bits per heavy atom. The van der Waals surface area contributed by atoms with E-state index in [1.54, 1.807) is 0 Å². The Morgan fingerprint density at radius 1 is 1.50 bits per heavy atom. The second-order valence-electron chi connectivity index (χ2n) is 4.12. The molecule has 2 heteroatoms. The van der Waals surface area contributed by atoms with Gasteiger partial charge in [0.15, 0.2) is 0 Å². The Morgan fingerprint density at radius 2 is 2.33 bits per heavy atom. The van der Waals surface area contributed by atoms with Crippen LogP contribution >= 0.6 is 0 Å². The van der Waals surface area contributed by atoms with Crippen LogP contribution < -0.4 is 5.32 Å². The van der Waals surface area contributed by atoms with Crippen LogP contribution in [0.5, 0.6) is 0 Å². The summed E-state index contributed by atoms with van der Waals surface area (Å²) >= 11 is 0. The van der Waals surface area contributed by atoms with Crippen molar-refractivity contribution in [2.75, 3.05) is 26.3 Å². The molecular weight excluding hydrogens is 150 g/mol. The van der Waals surface area contributed by atoms with Crippen LogP contribution in [0.2, 0.25) is 0 Å². The molecule has 0 aromatic rings. The van der Waals surface area contributed by atoms with Crippen molar-refractivity contribution in [2.45, 2.75) is 26.7 Å². The summed E-state index contributed by atoms with van der Waals surface area (Å²) in [6, 6.07) is 0. The van der Waals surface area contributed by atoms with Gasteiger partial charge in [0.25, 0.3) is 0 Å². The largest absolute Gasteiger partial charge is 0.381 e. The molecule has 1 saturated heterocycles. The summed E-state index contributed by atoms with van der Waals surface area (Å²) in [5.41, 5.74) is 0. The van der Waals surface area contributed by atoms with Crippen molar-refractivity contribution in [1.82, 2.24) is 5.32 Å². The minimum atomic E-state index is 0.770. The minimum absolute atomic E-state index is 0.770. The van der Waals surface area contributed by atoms with Gasteiger partial charge in [-0.3, -0.25) is 0 Å². The fourth-order valence-electron chi connectivity index (χ4n) is 1.43. The Balaban J connectivity index is 1.88. The second-order valence-corrected chi connectivity index (χ2v) is 4.12. The first-order valence-electron chi connectivity index (χ1n) is 5.07. The predicted octanol–water partition coefficient (Wildman–Crippen LogP) is 1.66. The summed E-state index contributed by atoms with van der Waals surface area (Å²) in [5.74, 6) is 1.55. The van der Waals surface area contributed by atoms with Crippen molar-refractivity contribution >= 4 is 0 Å². The van der Waals surface area contributed by atoms with Crippen molar-refractivity contribution in [3.63, 3.8) is 0 Å². The van der Waals surface area contributed by atoms with Crippen molar-refractivity contribution in [1.29, 1.82) is 0 Å². The molecule has 1 rings (SSSR count). The summed E-state index contributed by atoms with van der Waals surface area (Å²) in [6.07, 6.45) is 2.49. The SMILES string of the molecule is CC(C)CCOCC1CCNC1. The van der Waals surface area contributed by atoms with Gasteiger partial charge in [-0.25, -0.2) is 0 Å². The normalized spacial score (nSPS) is 23.8. The van der Waals surface area contributed by atoms with Crippen LogP contribution in [0.1, 0.15) is 26.7 Å². The third-order valence-corrected chi connectivity index (χ3v) is 2.36. The van der Waals surface area contributed by atoms with E-state index in [1.165, 1.54) is 19.4 Å². The van der Waals surface area contributed by atoms with Gasteiger partial charge in [0, 0.05) is 13.2 Å². The predicted molar refractivity (Wildman–Crippen MR) is 51.3 cm³/mol. The highest BCUT2D eigenvalue weighted by molar-refractivity contribution is 4.70. The lowest BCUT2D eigenvalue weighted by molar-refractivity contribution is 0.0964. The Hall–Kier alpha value is -0.0800. The van der Waals surface area contributed by atoms with E-state index in [1.807, 2.05) is 0 Å². The van der Waals surface area contributed by atoms with Crippen molar-refractivity contribution in [3.05, 3.63) is 0 Å². The highest BCUT2D eigenvalue weighted by atomic mass is 16.5. The van der Waals surface area contributed by atoms with E-state index in [0.717, 1.165) is 31.6 Å². The Bertz CT molecular complexity index is 108. The van der Waals surface area contributed by atoms with Crippen molar-refractivity contribution < 1.29 is 4.74 Å². The number of ether oxygens (including phenoxy) is 1. The van der Waals surface area contributed by atoms with E-state index >= 15 is 0 Å². The van der Waals surface area contributed by atoms with E-state index in [2.05, 4.69) is 19.2 Å². The van der Waals surface area contributed by atoms with Crippen LogP contribution in [0, 0.1) is 11.8 Å². The van der Waals surface area contributed by atoms with E-state index in [4.69, 9.17) is 4.74 Å². The lowest BCUT2D eigenvalue weighted by Crippen LogP contribution is -2.14. The van der Waals surface area contributed by atoms with Gasteiger partial charge in [-0.2, -0.15) is 0 Å². The Labute approximate surface area is 75.7 Å². The molecule has 0 saturated carbocycles. The maximum Gasteiger partial charge on any atom is 0.0506 e. The van der Waals surface area contributed by atoms with Gasteiger partial charge in [0.2, 0.25) is 0 Å².